The van der Waals surface area contributed by atoms with Crippen molar-refractivity contribution in [3.8, 4) is 0 Å². The van der Waals surface area contributed by atoms with Crippen LogP contribution in [0.3, 0.4) is 0 Å². The lowest BCUT2D eigenvalue weighted by Gasteiger charge is -2.18. The van der Waals surface area contributed by atoms with Gasteiger partial charge in [0.25, 0.3) is 5.91 Å². The van der Waals surface area contributed by atoms with Crippen LogP contribution < -0.4 is 5.32 Å². The van der Waals surface area contributed by atoms with Crippen LogP contribution in [-0.4, -0.2) is 20.9 Å². The Kier molecular flexibility index (Phi) is 4.37. The maximum absolute atomic E-state index is 12.5. The van der Waals surface area contributed by atoms with E-state index in [1.807, 2.05) is 39.0 Å². The number of amides is 1. The summed E-state index contributed by atoms with van der Waals surface area (Å²) in [4.78, 5) is 25.6. The zero-order valence-corrected chi connectivity index (χ0v) is 13.8. The molecule has 1 aliphatic carbocycles. The van der Waals surface area contributed by atoms with Crippen molar-refractivity contribution in [3.05, 3.63) is 53.4 Å². The largest absolute Gasteiger partial charge is 0.343 e. The fourth-order valence-corrected chi connectivity index (χ4v) is 2.58. The lowest BCUT2D eigenvalue weighted by atomic mass is 10.1. The molecule has 1 saturated carbocycles. The number of rotatable bonds is 5. The van der Waals surface area contributed by atoms with E-state index < -0.39 is 0 Å². The molecule has 0 saturated heterocycles. The van der Waals surface area contributed by atoms with Gasteiger partial charge in [-0.1, -0.05) is 19.9 Å². The van der Waals surface area contributed by atoms with Crippen molar-refractivity contribution in [2.75, 3.05) is 0 Å². The number of carbonyl (C=O) groups excluding carboxylic acids is 1. The van der Waals surface area contributed by atoms with Crippen molar-refractivity contribution in [2.24, 2.45) is 5.92 Å². The molecule has 2 aromatic heterocycles. The monoisotopic (exact) mass is 310 g/mol. The minimum Gasteiger partial charge on any atom is -0.343 e. The first-order valence-electron chi connectivity index (χ1n) is 8.11. The smallest absolute Gasteiger partial charge is 0.254 e. The summed E-state index contributed by atoms with van der Waals surface area (Å²) in [6.07, 6.45) is 5.46. The van der Waals surface area contributed by atoms with E-state index >= 15 is 0 Å². The van der Waals surface area contributed by atoms with Gasteiger partial charge < -0.3 is 5.32 Å². The maximum atomic E-state index is 12.5. The second-order valence-electron chi connectivity index (χ2n) is 6.48. The van der Waals surface area contributed by atoms with Crippen molar-refractivity contribution < 1.29 is 4.79 Å². The summed E-state index contributed by atoms with van der Waals surface area (Å²) in [5.74, 6) is 1.34. The number of pyridine rings is 1. The van der Waals surface area contributed by atoms with Crippen LogP contribution in [0.4, 0.5) is 0 Å². The summed E-state index contributed by atoms with van der Waals surface area (Å²) in [5, 5.41) is 3.11. The zero-order chi connectivity index (χ0) is 16.4. The molecule has 1 unspecified atom stereocenters. The van der Waals surface area contributed by atoms with Crippen molar-refractivity contribution in [1.29, 1.82) is 0 Å². The van der Waals surface area contributed by atoms with Crippen molar-refractivity contribution in [1.82, 2.24) is 20.3 Å². The van der Waals surface area contributed by atoms with E-state index in [2.05, 4.69) is 20.3 Å². The standard InChI is InChI=1S/C18H22N4O/c1-11(2)17-19-9-14(10-20-17)18(23)22-16(13-7-8-13)15-6-4-5-12(3)21-15/h4-6,9-11,13,16H,7-8H2,1-3H3,(H,22,23). The highest BCUT2D eigenvalue weighted by Crippen LogP contribution is 2.40. The van der Waals surface area contributed by atoms with E-state index in [0.29, 0.717) is 11.5 Å². The van der Waals surface area contributed by atoms with Gasteiger partial charge in [-0.25, -0.2) is 9.97 Å². The Morgan fingerprint density at radius 1 is 1.22 bits per heavy atom. The third kappa shape index (κ3) is 3.73. The predicted molar refractivity (Wildman–Crippen MR) is 88.0 cm³/mol. The van der Waals surface area contributed by atoms with Gasteiger partial charge in [0.05, 0.1) is 17.3 Å². The molecule has 5 nitrogen and oxygen atoms in total. The molecule has 0 bridgehead atoms. The number of nitrogens with zero attached hydrogens (tertiary/aromatic N) is 3. The quantitative estimate of drug-likeness (QED) is 0.921. The second kappa shape index (κ2) is 6.44. The number of aryl methyl sites for hydroxylation is 1. The van der Waals surface area contributed by atoms with E-state index in [9.17, 15) is 4.79 Å². The molecule has 1 aliphatic rings. The normalized spacial score (nSPS) is 15.5. The number of nitrogens with one attached hydrogen (secondary N) is 1. The van der Waals surface area contributed by atoms with Crippen LogP contribution in [-0.2, 0) is 0 Å². The summed E-state index contributed by atoms with van der Waals surface area (Å²) in [7, 11) is 0. The lowest BCUT2D eigenvalue weighted by Crippen LogP contribution is -2.30. The Labute approximate surface area is 136 Å². The van der Waals surface area contributed by atoms with Crippen LogP contribution in [0.2, 0.25) is 0 Å². The highest BCUT2D eigenvalue weighted by Gasteiger charge is 2.34. The lowest BCUT2D eigenvalue weighted by molar-refractivity contribution is 0.0929. The van der Waals surface area contributed by atoms with E-state index in [0.717, 1.165) is 30.1 Å². The zero-order valence-electron chi connectivity index (χ0n) is 13.8. The molecular weight excluding hydrogens is 288 g/mol. The van der Waals surface area contributed by atoms with Crippen molar-refractivity contribution >= 4 is 5.91 Å². The Morgan fingerprint density at radius 2 is 1.91 bits per heavy atom. The molecule has 1 amide bonds. The van der Waals surface area contributed by atoms with Crippen molar-refractivity contribution in [3.63, 3.8) is 0 Å². The van der Waals surface area contributed by atoms with Gasteiger partial charge in [-0.15, -0.1) is 0 Å². The fourth-order valence-electron chi connectivity index (χ4n) is 2.58. The van der Waals surface area contributed by atoms with Crippen LogP contribution in [0.25, 0.3) is 0 Å². The molecule has 1 fully saturated rings. The third-order valence-corrected chi connectivity index (χ3v) is 4.06. The summed E-state index contributed by atoms with van der Waals surface area (Å²) < 4.78 is 0. The molecule has 0 aromatic carbocycles. The molecule has 120 valence electrons. The first kappa shape index (κ1) is 15.6. The topological polar surface area (TPSA) is 67.8 Å². The molecule has 1 atom stereocenters. The van der Waals surface area contributed by atoms with Crippen LogP contribution in [0, 0.1) is 12.8 Å². The molecule has 2 heterocycles. The molecule has 3 rings (SSSR count). The highest BCUT2D eigenvalue weighted by molar-refractivity contribution is 5.93. The van der Waals surface area contributed by atoms with Gasteiger partial charge in [-0.05, 0) is 37.8 Å². The third-order valence-electron chi connectivity index (χ3n) is 4.06. The molecule has 1 N–H and O–H groups in total. The number of hydrogen-bond donors (Lipinski definition) is 1. The van der Waals surface area contributed by atoms with Gasteiger partial charge >= 0.3 is 0 Å². The average Bonchev–Trinajstić information content (AvgIpc) is 3.37. The predicted octanol–water partition coefficient (Wildman–Crippen LogP) is 3.18. The van der Waals surface area contributed by atoms with Gasteiger partial charge in [0, 0.05) is 24.0 Å². The van der Waals surface area contributed by atoms with E-state index in [4.69, 9.17) is 0 Å². The Bertz CT molecular complexity index is 692. The second-order valence-corrected chi connectivity index (χ2v) is 6.48. The first-order valence-corrected chi connectivity index (χ1v) is 8.11. The maximum Gasteiger partial charge on any atom is 0.254 e. The van der Waals surface area contributed by atoms with Gasteiger partial charge in [0.1, 0.15) is 5.82 Å². The SMILES string of the molecule is Cc1cccc(C(NC(=O)c2cnc(C(C)C)nc2)C2CC2)n1. The highest BCUT2D eigenvalue weighted by atomic mass is 16.1. The number of aromatic nitrogens is 3. The minimum absolute atomic E-state index is 0.0350. The Morgan fingerprint density at radius 3 is 2.48 bits per heavy atom. The van der Waals surface area contributed by atoms with Crippen LogP contribution in [0.1, 0.15) is 66.2 Å². The molecule has 23 heavy (non-hydrogen) atoms. The van der Waals surface area contributed by atoms with Crippen LogP contribution in [0.5, 0.6) is 0 Å². The summed E-state index contributed by atoms with van der Waals surface area (Å²) >= 11 is 0. The first-order chi connectivity index (χ1) is 11.0. The molecule has 0 radical (unpaired) electrons. The Hall–Kier alpha value is -2.30. The average molecular weight is 310 g/mol. The minimum atomic E-state index is -0.138. The van der Waals surface area contributed by atoms with Crippen LogP contribution in [0.15, 0.2) is 30.6 Å². The van der Waals surface area contributed by atoms with E-state index in [1.165, 1.54) is 0 Å². The molecule has 0 aliphatic heterocycles. The van der Waals surface area contributed by atoms with Crippen molar-refractivity contribution in [2.45, 2.75) is 45.6 Å². The van der Waals surface area contributed by atoms with Gasteiger partial charge in [-0.2, -0.15) is 0 Å². The molecular formula is C18H22N4O. The van der Waals surface area contributed by atoms with E-state index in [1.54, 1.807) is 12.4 Å². The van der Waals surface area contributed by atoms with Gasteiger partial charge in [0.15, 0.2) is 0 Å². The fraction of sp³-hybridized carbons (Fsp3) is 0.444. The summed E-state index contributed by atoms with van der Waals surface area (Å²) in [6, 6.07) is 5.90. The Balaban J connectivity index is 1.76. The van der Waals surface area contributed by atoms with Gasteiger partial charge in [0.2, 0.25) is 0 Å². The number of carbonyl (C=O) groups is 1. The molecule has 5 heteroatoms. The molecule has 0 spiro atoms. The van der Waals surface area contributed by atoms with Gasteiger partial charge in [-0.3, -0.25) is 9.78 Å². The molecule has 2 aromatic rings. The number of hydrogen-bond acceptors (Lipinski definition) is 4. The summed E-state index contributed by atoms with van der Waals surface area (Å²) in [6.45, 7) is 6.02. The summed E-state index contributed by atoms with van der Waals surface area (Å²) in [5.41, 5.74) is 2.39. The van der Waals surface area contributed by atoms with E-state index in [-0.39, 0.29) is 17.9 Å². The van der Waals surface area contributed by atoms with Crippen LogP contribution >= 0.6 is 0 Å².